The molecule has 0 radical (unpaired) electrons. The second-order valence-electron chi connectivity index (χ2n) is 5.19. The van der Waals surface area contributed by atoms with E-state index < -0.39 is 0 Å². The minimum atomic E-state index is -0.361. The molecule has 1 amide bonds. The molecule has 1 aromatic carbocycles. The maximum atomic E-state index is 13.4. The summed E-state index contributed by atoms with van der Waals surface area (Å²) in [5.74, 6) is 1.15. The third kappa shape index (κ3) is 3.65. The van der Waals surface area contributed by atoms with Gasteiger partial charge in [0.15, 0.2) is 5.82 Å². The number of amides is 1. The van der Waals surface area contributed by atoms with Gasteiger partial charge in [-0.05, 0) is 24.5 Å². The lowest BCUT2D eigenvalue weighted by molar-refractivity contribution is -0.120. The smallest absolute Gasteiger partial charge is 0.229 e. The Labute approximate surface area is 121 Å². The topological polar surface area (TPSA) is 68.0 Å². The number of carbonyl (C=O) groups is 1. The van der Waals surface area contributed by atoms with E-state index in [2.05, 4.69) is 15.5 Å². The molecule has 3 rings (SSSR count). The number of nitrogens with one attached hydrogen (secondary N) is 1. The van der Waals surface area contributed by atoms with Crippen LogP contribution in [0.1, 0.15) is 36.0 Å². The summed E-state index contributed by atoms with van der Waals surface area (Å²) in [5.41, 5.74) is 0.394. The number of carbonyl (C=O) groups excluding carboxylic acids is 1. The fourth-order valence-electron chi connectivity index (χ4n) is 2.06. The molecule has 1 saturated carbocycles. The third-order valence-corrected chi connectivity index (χ3v) is 3.39. The summed E-state index contributed by atoms with van der Waals surface area (Å²) < 4.78 is 18.5. The van der Waals surface area contributed by atoms with Crippen LogP contribution in [0.4, 0.5) is 4.39 Å². The van der Waals surface area contributed by atoms with E-state index in [-0.39, 0.29) is 18.1 Å². The van der Waals surface area contributed by atoms with Gasteiger partial charge in [-0.2, -0.15) is 4.98 Å². The summed E-state index contributed by atoms with van der Waals surface area (Å²) in [6.07, 6.45) is 2.77. The van der Waals surface area contributed by atoms with Gasteiger partial charge in [-0.3, -0.25) is 4.79 Å². The number of rotatable bonds is 6. The molecule has 1 aliphatic rings. The van der Waals surface area contributed by atoms with Crippen LogP contribution in [0.3, 0.4) is 0 Å². The predicted octanol–water partition coefficient (Wildman–Crippen LogP) is 1.99. The minimum absolute atomic E-state index is 0.0340. The molecule has 1 heterocycles. The molecule has 1 aliphatic carbocycles. The molecular formula is C15H16FN3O2. The van der Waals surface area contributed by atoms with E-state index in [1.165, 1.54) is 6.07 Å². The van der Waals surface area contributed by atoms with Gasteiger partial charge in [0.05, 0.1) is 6.42 Å². The highest BCUT2D eigenvalue weighted by Gasteiger charge is 2.29. The van der Waals surface area contributed by atoms with Gasteiger partial charge in [0, 0.05) is 18.9 Å². The van der Waals surface area contributed by atoms with Gasteiger partial charge in [-0.1, -0.05) is 23.4 Å². The molecule has 0 aliphatic heterocycles. The van der Waals surface area contributed by atoms with Gasteiger partial charge < -0.3 is 9.84 Å². The Morgan fingerprint density at radius 1 is 1.38 bits per heavy atom. The Hall–Kier alpha value is -2.24. The van der Waals surface area contributed by atoms with Crippen LogP contribution in [0.25, 0.3) is 0 Å². The van der Waals surface area contributed by atoms with Crippen molar-refractivity contribution < 1.29 is 13.7 Å². The first-order chi connectivity index (χ1) is 10.2. The number of hydrogen-bond donors (Lipinski definition) is 1. The Morgan fingerprint density at radius 2 is 2.19 bits per heavy atom. The summed E-state index contributed by atoms with van der Waals surface area (Å²) in [6, 6.07) is 6.27. The second-order valence-corrected chi connectivity index (χ2v) is 5.19. The Bertz CT molecular complexity index is 637. The fraction of sp³-hybridized carbons (Fsp3) is 0.400. The monoisotopic (exact) mass is 289 g/mol. The van der Waals surface area contributed by atoms with Gasteiger partial charge in [0.2, 0.25) is 11.8 Å². The Kier molecular flexibility index (Phi) is 3.94. The maximum Gasteiger partial charge on any atom is 0.229 e. The van der Waals surface area contributed by atoms with Gasteiger partial charge in [-0.25, -0.2) is 4.39 Å². The van der Waals surface area contributed by atoms with Crippen molar-refractivity contribution in [3.8, 4) is 0 Å². The zero-order valence-corrected chi connectivity index (χ0v) is 11.5. The molecule has 0 spiro atoms. The van der Waals surface area contributed by atoms with E-state index >= 15 is 0 Å². The first-order valence-corrected chi connectivity index (χ1v) is 7.05. The van der Waals surface area contributed by atoms with Crippen molar-refractivity contribution in [1.82, 2.24) is 15.5 Å². The first-order valence-electron chi connectivity index (χ1n) is 7.05. The van der Waals surface area contributed by atoms with Crippen LogP contribution in [-0.2, 0) is 17.6 Å². The van der Waals surface area contributed by atoms with Gasteiger partial charge in [0.1, 0.15) is 5.82 Å². The summed E-state index contributed by atoms with van der Waals surface area (Å²) in [7, 11) is 0. The molecule has 0 unspecified atom stereocenters. The average Bonchev–Trinajstić information content (AvgIpc) is 3.22. The van der Waals surface area contributed by atoms with Crippen LogP contribution in [0.5, 0.6) is 0 Å². The highest BCUT2D eigenvalue weighted by Crippen LogP contribution is 2.38. The highest BCUT2D eigenvalue weighted by atomic mass is 19.1. The number of halogens is 1. The molecule has 5 nitrogen and oxygen atoms in total. The summed E-state index contributed by atoms with van der Waals surface area (Å²) in [4.78, 5) is 16.0. The Morgan fingerprint density at radius 3 is 2.95 bits per heavy atom. The van der Waals surface area contributed by atoms with E-state index in [4.69, 9.17) is 4.52 Å². The van der Waals surface area contributed by atoms with Crippen molar-refractivity contribution in [2.24, 2.45) is 0 Å². The molecule has 0 saturated heterocycles. The van der Waals surface area contributed by atoms with Crippen LogP contribution < -0.4 is 5.32 Å². The lowest BCUT2D eigenvalue weighted by atomic mass is 10.1. The fourth-order valence-corrected chi connectivity index (χ4v) is 2.06. The van der Waals surface area contributed by atoms with Crippen molar-refractivity contribution in [1.29, 1.82) is 0 Å². The normalized spacial score (nSPS) is 14.1. The number of nitrogens with zero attached hydrogens (tertiary/aromatic N) is 2. The van der Waals surface area contributed by atoms with Crippen molar-refractivity contribution in [2.75, 3.05) is 6.54 Å². The minimum Gasteiger partial charge on any atom is -0.355 e. The summed E-state index contributed by atoms with van der Waals surface area (Å²) in [5, 5.41) is 6.61. The molecule has 1 fully saturated rings. The number of benzene rings is 1. The Balaban J connectivity index is 1.44. The first kappa shape index (κ1) is 13.7. The number of hydrogen-bond acceptors (Lipinski definition) is 4. The third-order valence-electron chi connectivity index (χ3n) is 3.39. The van der Waals surface area contributed by atoms with Crippen molar-refractivity contribution in [3.05, 3.63) is 47.4 Å². The van der Waals surface area contributed by atoms with E-state index in [1.807, 2.05) is 0 Å². The average molecular weight is 289 g/mol. The van der Waals surface area contributed by atoms with E-state index in [0.29, 0.717) is 36.2 Å². The molecule has 110 valence electrons. The van der Waals surface area contributed by atoms with Crippen LogP contribution in [-0.4, -0.2) is 22.6 Å². The molecule has 0 bridgehead atoms. The molecule has 1 N–H and O–H groups in total. The highest BCUT2D eigenvalue weighted by molar-refractivity contribution is 5.78. The van der Waals surface area contributed by atoms with Crippen LogP contribution in [0.2, 0.25) is 0 Å². The van der Waals surface area contributed by atoms with E-state index in [0.717, 1.165) is 12.8 Å². The maximum absolute atomic E-state index is 13.4. The van der Waals surface area contributed by atoms with Crippen LogP contribution >= 0.6 is 0 Å². The summed E-state index contributed by atoms with van der Waals surface area (Å²) in [6.45, 7) is 0.414. The largest absolute Gasteiger partial charge is 0.355 e. The molecule has 2 aromatic rings. The van der Waals surface area contributed by atoms with Crippen molar-refractivity contribution in [2.45, 2.75) is 31.6 Å². The molecule has 0 atom stereocenters. The van der Waals surface area contributed by atoms with Crippen molar-refractivity contribution in [3.63, 3.8) is 0 Å². The lowest BCUT2D eigenvalue weighted by Gasteiger charge is -2.04. The van der Waals surface area contributed by atoms with Gasteiger partial charge in [0.25, 0.3) is 0 Å². The van der Waals surface area contributed by atoms with E-state index in [9.17, 15) is 9.18 Å². The van der Waals surface area contributed by atoms with Gasteiger partial charge in [-0.15, -0.1) is 0 Å². The standard InChI is InChI=1S/C15H16FN3O2/c16-12-4-2-1-3-11(12)9-14(20)17-8-7-13-18-15(21-19-13)10-5-6-10/h1-4,10H,5-9H2,(H,17,20). The van der Waals surface area contributed by atoms with Crippen molar-refractivity contribution >= 4 is 5.91 Å². The zero-order valence-electron chi connectivity index (χ0n) is 11.5. The van der Waals surface area contributed by atoms with Gasteiger partial charge >= 0.3 is 0 Å². The molecule has 1 aromatic heterocycles. The zero-order chi connectivity index (χ0) is 14.7. The SMILES string of the molecule is O=C(Cc1ccccc1F)NCCc1noc(C2CC2)n1. The predicted molar refractivity (Wildman–Crippen MR) is 73.1 cm³/mol. The lowest BCUT2D eigenvalue weighted by Crippen LogP contribution is -2.27. The van der Waals surface area contributed by atoms with Crippen LogP contribution in [0.15, 0.2) is 28.8 Å². The molecular weight excluding hydrogens is 273 g/mol. The molecule has 21 heavy (non-hydrogen) atoms. The van der Waals surface area contributed by atoms with E-state index in [1.54, 1.807) is 18.2 Å². The molecule has 6 heteroatoms. The number of aromatic nitrogens is 2. The van der Waals surface area contributed by atoms with Crippen LogP contribution in [0, 0.1) is 5.82 Å². The summed E-state index contributed by atoms with van der Waals surface area (Å²) >= 11 is 0. The quantitative estimate of drug-likeness (QED) is 0.883. The second kappa shape index (κ2) is 6.03.